The maximum absolute atomic E-state index is 12.7. The number of aliphatic carboxylic acids is 1. The summed E-state index contributed by atoms with van der Waals surface area (Å²) in [5.41, 5.74) is 2.47. The fraction of sp³-hybridized carbons (Fsp3) is 0.353. The molecule has 2 aromatic rings. The smallest absolute Gasteiger partial charge is 0.303 e. The predicted molar refractivity (Wildman–Crippen MR) is 88.5 cm³/mol. The number of carboxylic acid groups (broad SMARTS) is 1. The van der Waals surface area contributed by atoms with Gasteiger partial charge in [-0.2, -0.15) is 5.10 Å². The monoisotopic (exact) mass is 328 g/mol. The summed E-state index contributed by atoms with van der Waals surface area (Å²) in [6.45, 7) is 2.33. The quantitative estimate of drug-likeness (QED) is 0.784. The average molecular weight is 328 g/mol. The molecule has 1 aromatic carbocycles. The van der Waals surface area contributed by atoms with Crippen molar-refractivity contribution in [2.75, 3.05) is 26.2 Å². The zero-order chi connectivity index (χ0) is 16.9. The van der Waals surface area contributed by atoms with Crippen LogP contribution >= 0.6 is 0 Å². The molecule has 2 heterocycles. The molecule has 1 atom stereocenters. The summed E-state index contributed by atoms with van der Waals surface area (Å²) in [5, 5.41) is 19.0. The number of carbonyl (C=O) groups excluding carboxylic acids is 1. The number of H-pyrrole nitrogens is 1. The van der Waals surface area contributed by atoms with Gasteiger partial charge in [0.15, 0.2) is 0 Å². The lowest BCUT2D eigenvalue weighted by Crippen LogP contribution is -2.36. The Kier molecular flexibility index (Phi) is 4.90. The summed E-state index contributed by atoms with van der Waals surface area (Å²) in [5.74, 6) is -0.969. The predicted octanol–water partition coefficient (Wildman–Crippen LogP) is 1.21. The van der Waals surface area contributed by atoms with E-state index in [1.807, 2.05) is 18.2 Å². The van der Waals surface area contributed by atoms with E-state index < -0.39 is 5.97 Å². The standard InChI is InChI=1S/C17H20N4O3/c22-16(23)9-12-10-18-7-8-21(11-12)17(24)14-3-1-13(2-4-14)15-5-6-19-20-15/h1-6,12,18H,7-11H2,(H,19,20)(H,22,23)/t12-/m1/s1. The van der Waals surface area contributed by atoms with Gasteiger partial charge < -0.3 is 15.3 Å². The van der Waals surface area contributed by atoms with Crippen molar-refractivity contribution < 1.29 is 14.7 Å². The number of hydrogen-bond donors (Lipinski definition) is 3. The number of carboxylic acids is 1. The van der Waals surface area contributed by atoms with E-state index in [1.54, 1.807) is 23.2 Å². The van der Waals surface area contributed by atoms with Crippen LogP contribution in [0.15, 0.2) is 36.5 Å². The first-order chi connectivity index (χ1) is 11.6. The summed E-state index contributed by atoms with van der Waals surface area (Å²) in [6, 6.07) is 9.22. The minimum absolute atomic E-state index is 0.0646. The molecule has 0 spiro atoms. The molecule has 1 fully saturated rings. The van der Waals surface area contributed by atoms with Gasteiger partial charge in [-0.05, 0) is 29.7 Å². The fourth-order valence-corrected chi connectivity index (χ4v) is 2.95. The van der Waals surface area contributed by atoms with Crippen molar-refractivity contribution in [2.45, 2.75) is 6.42 Å². The van der Waals surface area contributed by atoms with E-state index >= 15 is 0 Å². The third-order valence-electron chi connectivity index (χ3n) is 4.16. The van der Waals surface area contributed by atoms with E-state index in [1.165, 1.54) is 0 Å². The summed E-state index contributed by atoms with van der Waals surface area (Å²) in [6.07, 6.45) is 1.75. The van der Waals surface area contributed by atoms with E-state index in [0.717, 1.165) is 11.3 Å². The largest absolute Gasteiger partial charge is 0.481 e. The SMILES string of the molecule is O=C(O)C[C@@H]1CNCCN(C(=O)c2ccc(-c3ccn[nH]3)cc2)C1. The van der Waals surface area contributed by atoms with Gasteiger partial charge in [-0.3, -0.25) is 14.7 Å². The summed E-state index contributed by atoms with van der Waals surface area (Å²) >= 11 is 0. The van der Waals surface area contributed by atoms with Crippen molar-refractivity contribution in [2.24, 2.45) is 5.92 Å². The zero-order valence-corrected chi connectivity index (χ0v) is 13.2. The number of hydrogen-bond acceptors (Lipinski definition) is 4. The van der Waals surface area contributed by atoms with Crippen LogP contribution in [0.4, 0.5) is 0 Å². The molecular formula is C17H20N4O3. The first kappa shape index (κ1) is 16.2. The molecular weight excluding hydrogens is 308 g/mol. The van der Waals surface area contributed by atoms with Crippen LogP contribution < -0.4 is 5.32 Å². The maximum Gasteiger partial charge on any atom is 0.303 e. The Morgan fingerprint density at radius 2 is 2.04 bits per heavy atom. The lowest BCUT2D eigenvalue weighted by Gasteiger charge is -2.23. The van der Waals surface area contributed by atoms with E-state index in [0.29, 0.717) is 31.7 Å². The van der Waals surface area contributed by atoms with Crippen LogP contribution in [-0.4, -0.2) is 58.3 Å². The summed E-state index contributed by atoms with van der Waals surface area (Å²) in [7, 11) is 0. The average Bonchev–Trinajstić information content (AvgIpc) is 3.01. The summed E-state index contributed by atoms with van der Waals surface area (Å²) in [4.78, 5) is 25.4. The third kappa shape index (κ3) is 3.80. The highest BCUT2D eigenvalue weighted by Gasteiger charge is 2.24. The van der Waals surface area contributed by atoms with Gasteiger partial charge in [0.2, 0.25) is 0 Å². The van der Waals surface area contributed by atoms with Crippen LogP contribution in [0.3, 0.4) is 0 Å². The first-order valence-electron chi connectivity index (χ1n) is 7.95. The molecule has 126 valence electrons. The molecule has 0 saturated carbocycles. The van der Waals surface area contributed by atoms with Crippen LogP contribution in [-0.2, 0) is 4.79 Å². The number of amides is 1. The molecule has 0 unspecified atom stereocenters. The highest BCUT2D eigenvalue weighted by atomic mass is 16.4. The molecule has 1 amide bonds. The normalized spacial score (nSPS) is 18.2. The van der Waals surface area contributed by atoms with Crippen molar-refractivity contribution in [3.05, 3.63) is 42.1 Å². The van der Waals surface area contributed by atoms with Crippen LogP contribution in [0.1, 0.15) is 16.8 Å². The second-order valence-electron chi connectivity index (χ2n) is 5.97. The van der Waals surface area contributed by atoms with Crippen molar-refractivity contribution >= 4 is 11.9 Å². The second-order valence-corrected chi connectivity index (χ2v) is 5.97. The van der Waals surface area contributed by atoms with Crippen molar-refractivity contribution in [3.63, 3.8) is 0 Å². The number of carbonyl (C=O) groups is 2. The molecule has 1 aliphatic rings. The van der Waals surface area contributed by atoms with Gasteiger partial charge in [-0.25, -0.2) is 0 Å². The molecule has 0 radical (unpaired) electrons. The van der Waals surface area contributed by atoms with E-state index in [2.05, 4.69) is 15.5 Å². The number of nitrogens with one attached hydrogen (secondary N) is 2. The number of aromatic nitrogens is 2. The molecule has 1 aromatic heterocycles. The van der Waals surface area contributed by atoms with Gasteiger partial charge in [0.05, 0.1) is 12.1 Å². The number of nitrogens with zero attached hydrogens (tertiary/aromatic N) is 2. The van der Waals surface area contributed by atoms with Crippen LogP contribution in [0.5, 0.6) is 0 Å². The fourth-order valence-electron chi connectivity index (χ4n) is 2.95. The van der Waals surface area contributed by atoms with Gasteiger partial charge in [-0.1, -0.05) is 12.1 Å². The Morgan fingerprint density at radius 1 is 1.25 bits per heavy atom. The number of rotatable bonds is 4. The molecule has 1 saturated heterocycles. The van der Waals surface area contributed by atoms with Crippen molar-refractivity contribution in [3.8, 4) is 11.3 Å². The minimum atomic E-state index is -0.833. The maximum atomic E-state index is 12.7. The lowest BCUT2D eigenvalue weighted by atomic mass is 10.0. The van der Waals surface area contributed by atoms with Crippen molar-refractivity contribution in [1.29, 1.82) is 0 Å². The molecule has 1 aliphatic heterocycles. The van der Waals surface area contributed by atoms with Crippen LogP contribution in [0.25, 0.3) is 11.3 Å². The van der Waals surface area contributed by atoms with Gasteiger partial charge in [0, 0.05) is 37.9 Å². The summed E-state index contributed by atoms with van der Waals surface area (Å²) < 4.78 is 0. The van der Waals surface area contributed by atoms with Gasteiger partial charge >= 0.3 is 5.97 Å². The Hall–Kier alpha value is -2.67. The molecule has 0 bridgehead atoms. The van der Waals surface area contributed by atoms with Crippen molar-refractivity contribution in [1.82, 2.24) is 20.4 Å². The molecule has 3 N–H and O–H groups in total. The van der Waals surface area contributed by atoms with Crippen LogP contribution in [0, 0.1) is 5.92 Å². The number of aromatic amines is 1. The molecule has 7 heteroatoms. The molecule has 0 aliphatic carbocycles. The lowest BCUT2D eigenvalue weighted by molar-refractivity contribution is -0.138. The van der Waals surface area contributed by atoms with Gasteiger partial charge in [-0.15, -0.1) is 0 Å². The van der Waals surface area contributed by atoms with E-state index in [9.17, 15) is 9.59 Å². The Morgan fingerprint density at radius 3 is 2.71 bits per heavy atom. The second kappa shape index (κ2) is 7.27. The van der Waals surface area contributed by atoms with E-state index in [4.69, 9.17) is 5.11 Å². The van der Waals surface area contributed by atoms with Gasteiger partial charge in [0.1, 0.15) is 0 Å². The third-order valence-corrected chi connectivity index (χ3v) is 4.16. The number of benzene rings is 1. The zero-order valence-electron chi connectivity index (χ0n) is 13.2. The van der Waals surface area contributed by atoms with Gasteiger partial charge in [0.25, 0.3) is 5.91 Å². The highest BCUT2D eigenvalue weighted by Crippen LogP contribution is 2.18. The first-order valence-corrected chi connectivity index (χ1v) is 7.95. The van der Waals surface area contributed by atoms with E-state index in [-0.39, 0.29) is 18.2 Å². The highest BCUT2D eigenvalue weighted by molar-refractivity contribution is 5.94. The molecule has 3 rings (SSSR count). The topological polar surface area (TPSA) is 98.3 Å². The van der Waals surface area contributed by atoms with Crippen LogP contribution in [0.2, 0.25) is 0 Å². The Labute approximate surface area is 139 Å². The Balaban J connectivity index is 1.71. The Bertz CT molecular complexity index is 697. The minimum Gasteiger partial charge on any atom is -0.481 e. The molecule has 24 heavy (non-hydrogen) atoms. The molecule has 7 nitrogen and oxygen atoms in total.